The van der Waals surface area contributed by atoms with Crippen LogP contribution < -0.4 is 10.6 Å². The Kier molecular flexibility index (Phi) is 4.36. The van der Waals surface area contributed by atoms with Crippen molar-refractivity contribution < 1.29 is 5.11 Å². The summed E-state index contributed by atoms with van der Waals surface area (Å²) in [6, 6.07) is 0. The molecule has 1 aromatic rings. The van der Waals surface area contributed by atoms with Gasteiger partial charge >= 0.3 is 0 Å². The van der Waals surface area contributed by atoms with Crippen LogP contribution in [0.4, 0.5) is 0 Å². The number of aliphatic imine (C=N–C) groups is 1. The van der Waals surface area contributed by atoms with Crippen LogP contribution in [0, 0.1) is 0 Å². The summed E-state index contributed by atoms with van der Waals surface area (Å²) >= 11 is 0. The number of hydrogen-bond acceptors (Lipinski definition) is 4. The number of rotatable bonds is 5. The smallest absolute Gasteiger partial charge is 0.191 e. The minimum atomic E-state index is -0.555. The average molecular weight is 266 g/mol. The Morgan fingerprint density at radius 1 is 1.53 bits per heavy atom. The van der Waals surface area contributed by atoms with Crippen LogP contribution in [0.5, 0.6) is 0 Å². The third-order valence-corrected chi connectivity index (χ3v) is 3.40. The van der Waals surface area contributed by atoms with Crippen molar-refractivity contribution >= 4 is 5.96 Å². The molecule has 0 saturated heterocycles. The molecule has 106 valence electrons. The highest BCUT2D eigenvalue weighted by Gasteiger charge is 2.34. The fraction of sp³-hybridized carbons (Fsp3) is 0.750. The molecule has 1 heterocycles. The number of aryl methyl sites for hydroxylation is 1. The average Bonchev–Trinajstić information content (AvgIpc) is 2.76. The zero-order valence-electron chi connectivity index (χ0n) is 11.6. The van der Waals surface area contributed by atoms with Crippen molar-refractivity contribution in [2.24, 2.45) is 12.0 Å². The van der Waals surface area contributed by atoms with Gasteiger partial charge in [0.25, 0.3) is 0 Å². The zero-order chi connectivity index (χ0) is 13.7. The molecule has 0 unspecified atom stereocenters. The van der Waals surface area contributed by atoms with Gasteiger partial charge in [0.15, 0.2) is 5.96 Å². The van der Waals surface area contributed by atoms with Crippen LogP contribution in [0.2, 0.25) is 0 Å². The molecule has 7 nitrogen and oxygen atoms in total. The monoisotopic (exact) mass is 266 g/mol. The summed E-state index contributed by atoms with van der Waals surface area (Å²) in [4.78, 5) is 8.56. The second-order valence-corrected chi connectivity index (χ2v) is 4.93. The Morgan fingerprint density at radius 2 is 2.32 bits per heavy atom. The van der Waals surface area contributed by atoms with E-state index in [1.807, 2.05) is 14.0 Å². The number of hydrogen-bond donors (Lipinski definition) is 3. The van der Waals surface area contributed by atoms with Crippen LogP contribution >= 0.6 is 0 Å². The molecule has 0 radical (unpaired) electrons. The van der Waals surface area contributed by atoms with E-state index >= 15 is 0 Å². The molecule has 0 aromatic carbocycles. The Labute approximate surface area is 113 Å². The third-order valence-electron chi connectivity index (χ3n) is 3.40. The van der Waals surface area contributed by atoms with Gasteiger partial charge in [-0.25, -0.2) is 9.98 Å². The fourth-order valence-electron chi connectivity index (χ4n) is 1.96. The van der Waals surface area contributed by atoms with Gasteiger partial charge in [-0.2, -0.15) is 5.10 Å². The Balaban J connectivity index is 1.89. The SMILES string of the molecule is CCNC(=NCc1ncnn1C)NCC1(O)CCC1. The van der Waals surface area contributed by atoms with Crippen molar-refractivity contribution in [3.05, 3.63) is 12.2 Å². The van der Waals surface area contributed by atoms with Gasteiger partial charge in [0.05, 0.1) is 5.60 Å². The second-order valence-electron chi connectivity index (χ2n) is 4.93. The van der Waals surface area contributed by atoms with Crippen molar-refractivity contribution in [1.82, 2.24) is 25.4 Å². The first kappa shape index (κ1) is 13.8. The Hall–Kier alpha value is -1.63. The number of nitrogens with one attached hydrogen (secondary N) is 2. The minimum Gasteiger partial charge on any atom is -0.388 e. The van der Waals surface area contributed by atoms with Crippen LogP contribution in [0.15, 0.2) is 11.3 Å². The van der Waals surface area contributed by atoms with E-state index in [1.165, 1.54) is 6.33 Å². The first-order valence-corrected chi connectivity index (χ1v) is 6.70. The second kappa shape index (κ2) is 6.01. The van der Waals surface area contributed by atoms with Gasteiger partial charge in [-0.15, -0.1) is 0 Å². The maximum absolute atomic E-state index is 10.1. The van der Waals surface area contributed by atoms with Crippen LogP contribution in [-0.4, -0.2) is 44.5 Å². The standard InChI is InChI=1S/C12H22N6O/c1-3-13-11(15-8-12(19)5-4-6-12)14-7-10-16-9-17-18(10)2/h9,19H,3-8H2,1-2H3,(H2,13,14,15). The molecule has 1 fully saturated rings. The fourth-order valence-corrected chi connectivity index (χ4v) is 1.96. The quantitative estimate of drug-likeness (QED) is 0.507. The molecule has 0 spiro atoms. The molecular weight excluding hydrogens is 244 g/mol. The van der Waals surface area contributed by atoms with E-state index in [2.05, 4.69) is 25.7 Å². The molecule has 0 atom stereocenters. The summed E-state index contributed by atoms with van der Waals surface area (Å²) < 4.78 is 1.70. The van der Waals surface area contributed by atoms with E-state index in [4.69, 9.17) is 0 Å². The van der Waals surface area contributed by atoms with Crippen LogP contribution in [0.1, 0.15) is 32.0 Å². The molecule has 1 saturated carbocycles. The molecule has 0 aliphatic heterocycles. The highest BCUT2D eigenvalue weighted by molar-refractivity contribution is 5.79. The summed E-state index contributed by atoms with van der Waals surface area (Å²) in [6.45, 7) is 3.79. The number of guanidine groups is 1. The van der Waals surface area contributed by atoms with Gasteiger partial charge in [-0.05, 0) is 26.2 Å². The summed E-state index contributed by atoms with van der Waals surface area (Å²) in [6.07, 6.45) is 4.35. The van der Waals surface area contributed by atoms with Crippen molar-refractivity contribution in [3.63, 3.8) is 0 Å². The molecule has 2 rings (SSSR count). The minimum absolute atomic E-state index is 0.463. The predicted octanol–water partition coefficient (Wildman–Crippen LogP) is -0.215. The molecular formula is C12H22N6O. The van der Waals surface area contributed by atoms with Gasteiger partial charge in [0.2, 0.25) is 0 Å². The van der Waals surface area contributed by atoms with E-state index in [-0.39, 0.29) is 0 Å². The van der Waals surface area contributed by atoms with Crippen molar-refractivity contribution in [2.75, 3.05) is 13.1 Å². The Bertz CT molecular complexity index is 437. The molecule has 1 aliphatic rings. The van der Waals surface area contributed by atoms with Gasteiger partial charge in [0, 0.05) is 20.1 Å². The molecule has 0 bridgehead atoms. The largest absolute Gasteiger partial charge is 0.388 e. The first-order valence-electron chi connectivity index (χ1n) is 6.70. The molecule has 1 aliphatic carbocycles. The lowest BCUT2D eigenvalue weighted by molar-refractivity contribution is -0.0279. The number of aliphatic hydroxyl groups is 1. The zero-order valence-corrected chi connectivity index (χ0v) is 11.6. The lowest BCUT2D eigenvalue weighted by Crippen LogP contribution is -2.50. The summed E-state index contributed by atoms with van der Waals surface area (Å²) in [5.41, 5.74) is -0.555. The van der Waals surface area contributed by atoms with Gasteiger partial charge in [-0.3, -0.25) is 4.68 Å². The number of nitrogens with zero attached hydrogens (tertiary/aromatic N) is 4. The Morgan fingerprint density at radius 3 is 2.84 bits per heavy atom. The van der Waals surface area contributed by atoms with Crippen LogP contribution in [0.3, 0.4) is 0 Å². The predicted molar refractivity (Wildman–Crippen MR) is 72.6 cm³/mol. The highest BCUT2D eigenvalue weighted by atomic mass is 16.3. The summed E-state index contributed by atoms with van der Waals surface area (Å²) in [5.74, 6) is 1.50. The third kappa shape index (κ3) is 3.66. The summed E-state index contributed by atoms with van der Waals surface area (Å²) in [7, 11) is 1.84. The lowest BCUT2D eigenvalue weighted by atomic mass is 9.80. The van der Waals surface area contributed by atoms with E-state index in [0.29, 0.717) is 19.0 Å². The van der Waals surface area contributed by atoms with Gasteiger partial charge < -0.3 is 15.7 Å². The van der Waals surface area contributed by atoms with E-state index in [0.717, 1.165) is 31.6 Å². The molecule has 7 heteroatoms. The van der Waals surface area contributed by atoms with Gasteiger partial charge in [0.1, 0.15) is 18.7 Å². The van der Waals surface area contributed by atoms with Gasteiger partial charge in [-0.1, -0.05) is 0 Å². The maximum atomic E-state index is 10.1. The maximum Gasteiger partial charge on any atom is 0.191 e. The van der Waals surface area contributed by atoms with Crippen molar-refractivity contribution in [1.29, 1.82) is 0 Å². The highest BCUT2D eigenvalue weighted by Crippen LogP contribution is 2.30. The molecule has 19 heavy (non-hydrogen) atoms. The number of aromatic nitrogens is 3. The normalized spacial score (nSPS) is 17.9. The van der Waals surface area contributed by atoms with Crippen LogP contribution in [0.25, 0.3) is 0 Å². The molecule has 0 amide bonds. The van der Waals surface area contributed by atoms with Crippen molar-refractivity contribution in [3.8, 4) is 0 Å². The molecule has 1 aromatic heterocycles. The summed E-state index contributed by atoms with van der Waals surface area (Å²) in [5, 5.41) is 20.4. The molecule has 3 N–H and O–H groups in total. The van der Waals surface area contributed by atoms with E-state index in [9.17, 15) is 5.11 Å². The van der Waals surface area contributed by atoms with E-state index < -0.39 is 5.60 Å². The lowest BCUT2D eigenvalue weighted by Gasteiger charge is -2.36. The van der Waals surface area contributed by atoms with Crippen LogP contribution in [-0.2, 0) is 13.6 Å². The van der Waals surface area contributed by atoms with E-state index in [1.54, 1.807) is 4.68 Å². The first-order chi connectivity index (χ1) is 9.13. The topological polar surface area (TPSA) is 87.4 Å². The van der Waals surface area contributed by atoms with Crippen molar-refractivity contribution in [2.45, 2.75) is 38.3 Å².